The third kappa shape index (κ3) is 3.56. The van der Waals surface area contributed by atoms with Crippen LogP contribution in [-0.4, -0.2) is 37.5 Å². The van der Waals surface area contributed by atoms with Crippen LogP contribution in [-0.2, 0) is 6.54 Å². The lowest BCUT2D eigenvalue weighted by molar-refractivity contribution is 0.0689. The van der Waals surface area contributed by atoms with Crippen molar-refractivity contribution in [2.75, 3.05) is 7.11 Å². The summed E-state index contributed by atoms with van der Waals surface area (Å²) < 4.78 is 9.54. The number of pyridine rings is 1. The average Bonchev–Trinajstić information content (AvgIpc) is 3.30. The Morgan fingerprint density at radius 2 is 2.14 bits per heavy atom. The van der Waals surface area contributed by atoms with Crippen LogP contribution < -0.4 is 4.74 Å². The second kappa shape index (κ2) is 7.81. The van der Waals surface area contributed by atoms with Crippen molar-refractivity contribution in [3.63, 3.8) is 0 Å². The van der Waals surface area contributed by atoms with E-state index in [9.17, 15) is 9.90 Å². The third-order valence-corrected chi connectivity index (χ3v) is 5.66. The summed E-state index contributed by atoms with van der Waals surface area (Å²) in [5.41, 5.74) is 1.70. The largest absolute Gasteiger partial charge is 0.481 e. The van der Waals surface area contributed by atoms with Crippen molar-refractivity contribution >= 4 is 40.2 Å². The van der Waals surface area contributed by atoms with Crippen LogP contribution >= 0.6 is 23.4 Å². The molecule has 0 spiro atoms. The predicted octanol–water partition coefficient (Wildman–Crippen LogP) is 4.75. The molecule has 0 saturated carbocycles. The molecule has 0 atom stereocenters. The van der Waals surface area contributed by atoms with E-state index in [4.69, 9.17) is 16.3 Å². The van der Waals surface area contributed by atoms with Crippen molar-refractivity contribution in [3.05, 3.63) is 59.5 Å². The Bertz CT molecular complexity index is 1220. The number of aromatic carboxylic acids is 1. The summed E-state index contributed by atoms with van der Waals surface area (Å²) in [6.07, 6.45) is 3.70. The van der Waals surface area contributed by atoms with Gasteiger partial charge in [0.25, 0.3) is 0 Å². The molecule has 1 aromatic carbocycles. The van der Waals surface area contributed by atoms with Crippen LogP contribution in [0, 0.1) is 0 Å². The molecule has 9 heteroatoms. The van der Waals surface area contributed by atoms with E-state index in [-0.39, 0.29) is 5.69 Å². The second-order valence-electron chi connectivity index (χ2n) is 6.16. The molecular formula is C20H17ClN4O3S. The molecule has 0 amide bonds. The fourth-order valence-corrected chi connectivity index (χ4v) is 4.29. The van der Waals surface area contributed by atoms with Crippen LogP contribution in [0.2, 0.25) is 5.02 Å². The minimum absolute atomic E-state index is 0.00929. The van der Waals surface area contributed by atoms with E-state index in [1.54, 1.807) is 25.4 Å². The Kier molecular flexibility index (Phi) is 5.21. The lowest BCUT2D eigenvalue weighted by atomic mass is 10.2. The topological polar surface area (TPSA) is 82.2 Å². The molecule has 3 aromatic heterocycles. The summed E-state index contributed by atoms with van der Waals surface area (Å²) in [5.74, 6) is -0.467. The van der Waals surface area contributed by atoms with Crippen LogP contribution in [0.1, 0.15) is 17.4 Å². The normalized spacial score (nSPS) is 11.1. The Labute approximate surface area is 175 Å². The highest BCUT2D eigenvalue weighted by Gasteiger charge is 2.22. The van der Waals surface area contributed by atoms with E-state index < -0.39 is 5.97 Å². The smallest absolute Gasteiger partial charge is 0.354 e. The van der Waals surface area contributed by atoms with Crippen molar-refractivity contribution in [2.45, 2.75) is 23.4 Å². The van der Waals surface area contributed by atoms with Crippen molar-refractivity contribution in [1.29, 1.82) is 0 Å². The first-order valence-electron chi connectivity index (χ1n) is 8.80. The Morgan fingerprint density at radius 3 is 2.83 bits per heavy atom. The van der Waals surface area contributed by atoms with Gasteiger partial charge in [-0.05, 0) is 31.2 Å². The number of fused-ring (bicyclic) bond motifs is 1. The average molecular weight is 429 g/mol. The molecule has 148 valence electrons. The van der Waals surface area contributed by atoms with E-state index in [0.717, 1.165) is 28.0 Å². The summed E-state index contributed by atoms with van der Waals surface area (Å²) in [5, 5.41) is 15.7. The molecule has 7 nitrogen and oxygen atoms in total. The number of carboxylic acids is 1. The summed E-state index contributed by atoms with van der Waals surface area (Å²) in [7, 11) is 1.60. The monoisotopic (exact) mass is 428 g/mol. The highest BCUT2D eigenvalue weighted by Crippen LogP contribution is 2.44. The van der Waals surface area contributed by atoms with Gasteiger partial charge in [-0.1, -0.05) is 35.5 Å². The van der Waals surface area contributed by atoms with E-state index in [2.05, 4.69) is 10.1 Å². The van der Waals surface area contributed by atoms with Gasteiger partial charge in [0.1, 0.15) is 10.7 Å². The number of halogens is 1. The zero-order chi connectivity index (χ0) is 20.5. The fraction of sp³-hybridized carbons (Fsp3) is 0.150. The Hall–Kier alpha value is -2.97. The molecule has 0 unspecified atom stereocenters. The van der Waals surface area contributed by atoms with Crippen molar-refractivity contribution in [1.82, 2.24) is 19.3 Å². The summed E-state index contributed by atoms with van der Waals surface area (Å²) in [6, 6.07) is 10.5. The molecule has 0 aliphatic carbocycles. The third-order valence-electron chi connectivity index (χ3n) is 4.39. The number of aromatic nitrogens is 4. The lowest BCUT2D eigenvalue weighted by Gasteiger charge is -2.08. The van der Waals surface area contributed by atoms with E-state index in [0.29, 0.717) is 15.9 Å². The molecular weight excluding hydrogens is 412 g/mol. The van der Waals surface area contributed by atoms with E-state index >= 15 is 0 Å². The first kappa shape index (κ1) is 19.4. The van der Waals surface area contributed by atoms with E-state index in [1.807, 2.05) is 40.6 Å². The molecule has 0 fully saturated rings. The van der Waals surface area contributed by atoms with Gasteiger partial charge in [0, 0.05) is 23.2 Å². The van der Waals surface area contributed by atoms with Gasteiger partial charge in [-0.3, -0.25) is 9.25 Å². The van der Waals surface area contributed by atoms with Crippen molar-refractivity contribution in [2.24, 2.45) is 0 Å². The fourth-order valence-electron chi connectivity index (χ4n) is 3.08. The molecule has 4 aromatic rings. The van der Waals surface area contributed by atoms with Gasteiger partial charge < -0.3 is 9.84 Å². The molecule has 3 heterocycles. The van der Waals surface area contributed by atoms with E-state index in [1.165, 1.54) is 17.8 Å². The molecule has 0 bridgehead atoms. The predicted molar refractivity (Wildman–Crippen MR) is 112 cm³/mol. The Balaban J connectivity index is 1.92. The van der Waals surface area contributed by atoms with Gasteiger partial charge >= 0.3 is 5.97 Å². The molecule has 0 radical (unpaired) electrons. The molecule has 0 aliphatic heterocycles. The molecule has 0 saturated heterocycles. The van der Waals surface area contributed by atoms with Gasteiger partial charge in [-0.2, -0.15) is 5.10 Å². The zero-order valence-electron chi connectivity index (χ0n) is 15.7. The van der Waals surface area contributed by atoms with Gasteiger partial charge in [-0.15, -0.1) is 0 Å². The number of hydrogen-bond acceptors (Lipinski definition) is 5. The standard InChI is InChI=1S/C20H17ClN4O3S/c1-3-24-11-13(10-22-24)25-16-9-12(21)7-8-14(16)18(19(25)28-2)29-17-6-4-5-15(23-17)20(26)27/h4-11H,3H2,1-2H3,(H,26,27). The maximum Gasteiger partial charge on any atom is 0.354 e. The van der Waals surface area contributed by atoms with Crippen LogP contribution in [0.15, 0.2) is 58.7 Å². The molecule has 4 rings (SSSR count). The van der Waals surface area contributed by atoms with Crippen LogP contribution in [0.25, 0.3) is 16.6 Å². The minimum Gasteiger partial charge on any atom is -0.481 e. The summed E-state index contributed by atoms with van der Waals surface area (Å²) >= 11 is 7.62. The molecule has 29 heavy (non-hydrogen) atoms. The first-order chi connectivity index (χ1) is 14.0. The summed E-state index contributed by atoms with van der Waals surface area (Å²) in [6.45, 7) is 2.76. The van der Waals surface area contributed by atoms with Crippen LogP contribution in [0.5, 0.6) is 5.88 Å². The van der Waals surface area contributed by atoms with Gasteiger partial charge in [-0.25, -0.2) is 9.78 Å². The number of nitrogens with zero attached hydrogens (tertiary/aromatic N) is 4. The number of methoxy groups -OCH3 is 1. The SMILES string of the molecule is CCn1cc(-n2c(OC)c(Sc3cccc(C(=O)O)n3)c3ccc(Cl)cc32)cn1. The maximum absolute atomic E-state index is 11.3. The number of ether oxygens (including phenoxy) is 1. The van der Waals surface area contributed by atoms with Gasteiger partial charge in [0.05, 0.1) is 29.4 Å². The summed E-state index contributed by atoms with van der Waals surface area (Å²) in [4.78, 5) is 16.3. The van der Waals surface area contributed by atoms with Crippen LogP contribution in [0.4, 0.5) is 0 Å². The maximum atomic E-state index is 11.3. The highest BCUT2D eigenvalue weighted by atomic mass is 35.5. The van der Waals surface area contributed by atoms with Crippen molar-refractivity contribution in [3.8, 4) is 11.6 Å². The van der Waals surface area contributed by atoms with Gasteiger partial charge in [0.15, 0.2) is 0 Å². The molecule has 0 aliphatic rings. The number of carboxylic acid groups (broad SMARTS) is 1. The number of aryl methyl sites for hydroxylation is 1. The highest BCUT2D eigenvalue weighted by molar-refractivity contribution is 7.99. The number of rotatable bonds is 6. The second-order valence-corrected chi connectivity index (χ2v) is 7.62. The minimum atomic E-state index is -1.07. The van der Waals surface area contributed by atoms with Gasteiger partial charge in [0.2, 0.25) is 5.88 Å². The lowest BCUT2D eigenvalue weighted by Crippen LogP contribution is -2.00. The van der Waals surface area contributed by atoms with Crippen molar-refractivity contribution < 1.29 is 14.6 Å². The number of hydrogen-bond donors (Lipinski definition) is 1. The first-order valence-corrected chi connectivity index (χ1v) is 10.00. The molecule has 1 N–H and O–H groups in total. The van der Waals surface area contributed by atoms with Crippen LogP contribution in [0.3, 0.4) is 0 Å². The number of carbonyl (C=O) groups is 1. The number of benzene rings is 1. The Morgan fingerprint density at radius 1 is 1.31 bits per heavy atom. The quantitative estimate of drug-likeness (QED) is 0.477. The zero-order valence-corrected chi connectivity index (χ0v) is 17.2.